The van der Waals surface area contributed by atoms with Gasteiger partial charge in [-0.25, -0.2) is 0 Å². The van der Waals surface area contributed by atoms with Crippen LogP contribution in [0.15, 0.2) is 29.3 Å². The number of benzene rings is 1. The Labute approximate surface area is 159 Å². The third-order valence-corrected chi connectivity index (χ3v) is 4.24. The molecule has 8 heteroatoms. The van der Waals surface area contributed by atoms with E-state index in [9.17, 15) is 13.2 Å². The first-order chi connectivity index (χ1) is 12.7. The van der Waals surface area contributed by atoms with Gasteiger partial charge in [-0.05, 0) is 44.4 Å². The summed E-state index contributed by atoms with van der Waals surface area (Å²) in [6.45, 7) is 4.62. The summed E-state index contributed by atoms with van der Waals surface area (Å²) < 4.78 is 43.0. The molecule has 0 saturated carbocycles. The molecule has 2 N–H and O–H groups in total. The molecule has 1 saturated heterocycles. The van der Waals surface area contributed by atoms with Crippen molar-refractivity contribution in [2.75, 3.05) is 33.2 Å². The molecule has 0 aliphatic carbocycles. The number of aliphatic imine (C=N–C) groups is 1. The number of likely N-dealkylation sites (tertiary alicyclic amines) is 1. The maximum atomic E-state index is 12.5. The zero-order chi connectivity index (χ0) is 19.9. The van der Waals surface area contributed by atoms with Crippen molar-refractivity contribution in [3.8, 4) is 5.75 Å². The number of nitrogens with zero attached hydrogens (tertiary/aromatic N) is 2. The number of guanidine groups is 1. The average Bonchev–Trinajstić information content (AvgIpc) is 3.00. The minimum absolute atomic E-state index is 0.0222. The van der Waals surface area contributed by atoms with Crippen LogP contribution in [-0.4, -0.2) is 62.4 Å². The standard InChI is InChI=1S/C19H29F3N4O/c1-14(2)27-17-6-4-15(5-7-17)8-10-24-18(23-3)25-16-9-11-26(12-16)13-19(20,21)22/h4-7,14,16H,8-13H2,1-3H3,(H2,23,24,25). The minimum atomic E-state index is -4.15. The molecule has 1 unspecified atom stereocenters. The molecule has 0 radical (unpaired) electrons. The lowest BCUT2D eigenvalue weighted by Crippen LogP contribution is -2.45. The molecule has 152 valence electrons. The number of halogens is 3. The Hall–Kier alpha value is -1.96. The van der Waals surface area contributed by atoms with Gasteiger partial charge in [-0.2, -0.15) is 13.2 Å². The largest absolute Gasteiger partial charge is 0.491 e. The van der Waals surface area contributed by atoms with E-state index in [1.54, 1.807) is 7.05 Å². The summed E-state index contributed by atoms with van der Waals surface area (Å²) in [6.07, 6.45) is -2.51. The Bertz CT molecular complexity index is 602. The smallest absolute Gasteiger partial charge is 0.401 e. The van der Waals surface area contributed by atoms with Crippen molar-refractivity contribution in [2.45, 2.75) is 45.0 Å². The fraction of sp³-hybridized carbons (Fsp3) is 0.632. The van der Waals surface area contributed by atoms with Crippen LogP contribution < -0.4 is 15.4 Å². The van der Waals surface area contributed by atoms with Gasteiger partial charge in [0, 0.05) is 32.7 Å². The third-order valence-electron chi connectivity index (χ3n) is 4.24. The van der Waals surface area contributed by atoms with Crippen molar-refractivity contribution in [2.24, 2.45) is 4.99 Å². The Balaban J connectivity index is 1.71. The Morgan fingerprint density at radius 3 is 2.59 bits per heavy atom. The van der Waals surface area contributed by atoms with Gasteiger partial charge in [0.05, 0.1) is 12.6 Å². The molecule has 0 amide bonds. The highest BCUT2D eigenvalue weighted by molar-refractivity contribution is 5.80. The molecular formula is C19H29F3N4O. The van der Waals surface area contributed by atoms with Gasteiger partial charge < -0.3 is 15.4 Å². The van der Waals surface area contributed by atoms with Crippen LogP contribution in [0.2, 0.25) is 0 Å². The monoisotopic (exact) mass is 386 g/mol. The maximum Gasteiger partial charge on any atom is 0.401 e. The number of ether oxygens (including phenoxy) is 1. The van der Waals surface area contributed by atoms with E-state index in [2.05, 4.69) is 15.6 Å². The van der Waals surface area contributed by atoms with Crippen molar-refractivity contribution in [3.05, 3.63) is 29.8 Å². The Kier molecular flexibility index (Phi) is 7.77. The summed E-state index contributed by atoms with van der Waals surface area (Å²) in [7, 11) is 1.66. The first-order valence-electron chi connectivity index (χ1n) is 9.27. The quantitative estimate of drug-likeness (QED) is 0.559. The lowest BCUT2D eigenvalue weighted by atomic mass is 10.1. The number of hydrogen-bond donors (Lipinski definition) is 2. The molecule has 1 atom stereocenters. The van der Waals surface area contributed by atoms with Gasteiger partial charge >= 0.3 is 6.18 Å². The first-order valence-corrected chi connectivity index (χ1v) is 9.27. The summed E-state index contributed by atoms with van der Waals surface area (Å²) in [5, 5.41) is 6.43. The summed E-state index contributed by atoms with van der Waals surface area (Å²) >= 11 is 0. The van der Waals surface area contributed by atoms with Crippen LogP contribution in [0.5, 0.6) is 5.75 Å². The molecule has 0 bridgehead atoms. The first kappa shape index (κ1) is 21.3. The van der Waals surface area contributed by atoms with Gasteiger partial charge in [0.1, 0.15) is 5.75 Å². The highest BCUT2D eigenvalue weighted by Crippen LogP contribution is 2.20. The molecule has 1 fully saturated rings. The van der Waals surface area contributed by atoms with E-state index in [4.69, 9.17) is 4.74 Å². The highest BCUT2D eigenvalue weighted by Gasteiger charge is 2.34. The third kappa shape index (κ3) is 8.07. The lowest BCUT2D eigenvalue weighted by Gasteiger charge is -2.19. The predicted octanol–water partition coefficient (Wildman–Crippen LogP) is 2.82. The molecule has 0 spiro atoms. The normalized spacial score (nSPS) is 18.8. The van der Waals surface area contributed by atoms with E-state index >= 15 is 0 Å². The van der Waals surface area contributed by atoms with Gasteiger partial charge in [0.25, 0.3) is 0 Å². The van der Waals surface area contributed by atoms with Crippen molar-refractivity contribution < 1.29 is 17.9 Å². The number of alkyl halides is 3. The zero-order valence-electron chi connectivity index (χ0n) is 16.1. The van der Waals surface area contributed by atoms with Gasteiger partial charge in [0.15, 0.2) is 5.96 Å². The van der Waals surface area contributed by atoms with Gasteiger partial charge in [-0.15, -0.1) is 0 Å². The Morgan fingerprint density at radius 2 is 2.00 bits per heavy atom. The van der Waals surface area contributed by atoms with Crippen LogP contribution in [-0.2, 0) is 6.42 Å². The predicted molar refractivity (Wildman–Crippen MR) is 101 cm³/mol. The average molecular weight is 386 g/mol. The van der Waals surface area contributed by atoms with E-state index < -0.39 is 12.7 Å². The molecule has 0 aromatic heterocycles. The highest BCUT2D eigenvalue weighted by atomic mass is 19.4. The van der Waals surface area contributed by atoms with E-state index in [-0.39, 0.29) is 12.1 Å². The summed E-state index contributed by atoms with van der Waals surface area (Å²) in [4.78, 5) is 5.59. The second kappa shape index (κ2) is 9.82. The molecule has 1 aromatic rings. The molecule has 1 aliphatic rings. The van der Waals surface area contributed by atoms with Crippen molar-refractivity contribution in [1.82, 2.24) is 15.5 Å². The SMILES string of the molecule is CN=C(NCCc1ccc(OC(C)C)cc1)NC1CCN(CC(F)(F)F)C1. The molecule has 2 rings (SSSR count). The van der Waals surface area contributed by atoms with E-state index in [1.807, 2.05) is 38.1 Å². The van der Waals surface area contributed by atoms with Crippen LogP contribution in [0.25, 0.3) is 0 Å². The van der Waals surface area contributed by atoms with Crippen LogP contribution in [0, 0.1) is 0 Å². The van der Waals surface area contributed by atoms with E-state index in [0.717, 1.165) is 12.2 Å². The molecule has 1 aliphatic heterocycles. The van der Waals surface area contributed by atoms with Crippen molar-refractivity contribution in [1.29, 1.82) is 0 Å². The minimum Gasteiger partial charge on any atom is -0.491 e. The molecular weight excluding hydrogens is 357 g/mol. The number of rotatable bonds is 7. The molecule has 5 nitrogen and oxygen atoms in total. The van der Waals surface area contributed by atoms with E-state index in [0.29, 0.717) is 32.0 Å². The van der Waals surface area contributed by atoms with Gasteiger partial charge in [-0.3, -0.25) is 9.89 Å². The number of nitrogens with one attached hydrogen (secondary N) is 2. The summed E-state index contributed by atoms with van der Waals surface area (Å²) in [6, 6.07) is 7.95. The van der Waals surface area contributed by atoms with Crippen LogP contribution in [0.3, 0.4) is 0 Å². The van der Waals surface area contributed by atoms with E-state index in [1.165, 1.54) is 10.5 Å². The fourth-order valence-electron chi connectivity index (χ4n) is 3.07. The number of hydrogen-bond acceptors (Lipinski definition) is 3. The van der Waals surface area contributed by atoms with Crippen molar-refractivity contribution in [3.63, 3.8) is 0 Å². The molecule has 1 heterocycles. The zero-order valence-corrected chi connectivity index (χ0v) is 16.1. The van der Waals surface area contributed by atoms with Gasteiger partial charge in [0.2, 0.25) is 0 Å². The summed E-state index contributed by atoms with van der Waals surface area (Å²) in [5.74, 6) is 1.47. The van der Waals surface area contributed by atoms with Crippen LogP contribution in [0.1, 0.15) is 25.8 Å². The molecule has 27 heavy (non-hydrogen) atoms. The van der Waals surface area contributed by atoms with Crippen LogP contribution >= 0.6 is 0 Å². The second-order valence-electron chi connectivity index (χ2n) is 7.04. The lowest BCUT2D eigenvalue weighted by molar-refractivity contribution is -0.143. The molecule has 1 aromatic carbocycles. The second-order valence-corrected chi connectivity index (χ2v) is 7.04. The summed E-state index contributed by atoms with van der Waals surface area (Å²) in [5.41, 5.74) is 1.17. The maximum absolute atomic E-state index is 12.5. The van der Waals surface area contributed by atoms with Crippen LogP contribution in [0.4, 0.5) is 13.2 Å². The topological polar surface area (TPSA) is 48.9 Å². The van der Waals surface area contributed by atoms with Gasteiger partial charge in [-0.1, -0.05) is 12.1 Å². The Morgan fingerprint density at radius 1 is 1.30 bits per heavy atom. The van der Waals surface area contributed by atoms with Crippen molar-refractivity contribution >= 4 is 5.96 Å². The fourth-order valence-corrected chi connectivity index (χ4v) is 3.07.